The molecule has 0 spiro atoms. The Hall–Kier alpha value is -2.26. The molecule has 2 N–H and O–H groups in total. The van der Waals surface area contributed by atoms with Crippen molar-refractivity contribution in [2.45, 2.75) is 32.5 Å². The van der Waals surface area contributed by atoms with Crippen LogP contribution in [0.2, 0.25) is 0 Å². The molecule has 0 aliphatic heterocycles. The number of aryl methyl sites for hydroxylation is 1. The number of nitrogens with zero attached hydrogens (tertiary/aromatic N) is 2. The summed E-state index contributed by atoms with van der Waals surface area (Å²) >= 11 is 12.2. The lowest BCUT2D eigenvalue weighted by atomic mass is 10.1. The Morgan fingerprint density at radius 1 is 1.31 bits per heavy atom. The van der Waals surface area contributed by atoms with Crippen LogP contribution < -0.4 is 10.1 Å². The topological polar surface area (TPSA) is 73.7 Å². The highest BCUT2D eigenvalue weighted by Crippen LogP contribution is 2.29. The second-order valence-electron chi connectivity index (χ2n) is 6.03. The van der Waals surface area contributed by atoms with Crippen molar-refractivity contribution < 1.29 is 4.74 Å². The number of nitrogens with one attached hydrogen (secondary N) is 2. The van der Waals surface area contributed by atoms with Gasteiger partial charge in [0.25, 0.3) is 0 Å². The van der Waals surface area contributed by atoms with Crippen LogP contribution in [-0.2, 0) is 13.1 Å². The van der Waals surface area contributed by atoms with Crippen LogP contribution in [-0.4, -0.2) is 16.3 Å². The van der Waals surface area contributed by atoms with E-state index in [4.69, 9.17) is 33.2 Å². The van der Waals surface area contributed by atoms with Gasteiger partial charge in [0.2, 0.25) is 0 Å². The number of aromatic nitrogens is 2. The second kappa shape index (κ2) is 8.41. The lowest BCUT2D eigenvalue weighted by Gasteiger charge is -2.19. The molecule has 1 aromatic heterocycles. The number of H-pyrrole nitrogens is 1. The monoisotopic (exact) mass is 388 g/mol. The summed E-state index contributed by atoms with van der Waals surface area (Å²) < 4.78 is 6.08. The lowest BCUT2D eigenvalue weighted by Crippen LogP contribution is -2.19. The molecule has 5 nitrogen and oxygen atoms in total. The predicted octanol–water partition coefficient (Wildman–Crippen LogP) is 4.28. The first-order chi connectivity index (χ1) is 12.5. The number of benzene rings is 1. The van der Waals surface area contributed by atoms with Gasteiger partial charge in [0.05, 0.1) is 17.3 Å². The molecule has 1 atom stereocenters. The molecule has 0 radical (unpaired) electrons. The molecule has 3 rings (SSSR count). The van der Waals surface area contributed by atoms with Gasteiger partial charge in [0, 0.05) is 29.6 Å². The molecule has 26 heavy (non-hydrogen) atoms. The predicted molar refractivity (Wildman–Crippen MR) is 102 cm³/mol. The van der Waals surface area contributed by atoms with Crippen LogP contribution in [0.25, 0.3) is 0 Å². The Kier molecular flexibility index (Phi) is 6.00. The molecule has 134 valence electrons. The van der Waals surface area contributed by atoms with Crippen molar-refractivity contribution in [3.8, 4) is 11.8 Å². The minimum Gasteiger partial charge on any atom is -0.482 e. The zero-order chi connectivity index (χ0) is 18.5. The fourth-order valence-electron chi connectivity index (χ4n) is 2.69. The van der Waals surface area contributed by atoms with Gasteiger partial charge in [0.15, 0.2) is 5.75 Å². The third-order valence-electron chi connectivity index (χ3n) is 3.98. The van der Waals surface area contributed by atoms with E-state index < -0.39 is 0 Å². The van der Waals surface area contributed by atoms with E-state index in [0.717, 1.165) is 22.7 Å². The van der Waals surface area contributed by atoms with Gasteiger partial charge in [-0.25, -0.2) is 0 Å². The average Bonchev–Trinajstić information content (AvgIpc) is 2.95. The van der Waals surface area contributed by atoms with Gasteiger partial charge in [0.1, 0.15) is 11.8 Å². The van der Waals surface area contributed by atoms with E-state index in [1.165, 1.54) is 0 Å². The molecule has 1 aromatic carbocycles. The minimum atomic E-state index is -0.214. The third-order valence-corrected chi connectivity index (χ3v) is 4.48. The molecule has 0 amide bonds. The van der Waals surface area contributed by atoms with E-state index in [-0.39, 0.29) is 6.10 Å². The summed E-state index contributed by atoms with van der Waals surface area (Å²) in [5.74, 6) is 0.717. The third kappa shape index (κ3) is 4.67. The van der Waals surface area contributed by atoms with Crippen LogP contribution in [0.1, 0.15) is 28.9 Å². The fourth-order valence-corrected chi connectivity index (χ4v) is 3.29. The van der Waals surface area contributed by atoms with Crippen molar-refractivity contribution in [1.29, 1.82) is 5.26 Å². The Bertz CT molecular complexity index is 878. The van der Waals surface area contributed by atoms with Crippen molar-refractivity contribution >= 4 is 23.2 Å². The highest BCUT2D eigenvalue weighted by molar-refractivity contribution is 6.35. The maximum atomic E-state index is 8.84. The van der Waals surface area contributed by atoms with Crippen LogP contribution in [0.5, 0.6) is 5.75 Å². The Labute approximate surface area is 162 Å². The van der Waals surface area contributed by atoms with E-state index in [1.54, 1.807) is 6.08 Å². The first-order valence-corrected chi connectivity index (χ1v) is 8.94. The maximum Gasteiger partial charge on any atom is 0.165 e. The fraction of sp³-hybridized carbons (Fsp3) is 0.263. The van der Waals surface area contributed by atoms with Crippen LogP contribution in [0.3, 0.4) is 0 Å². The van der Waals surface area contributed by atoms with Gasteiger partial charge in [-0.3, -0.25) is 5.10 Å². The molecular weight excluding hydrogens is 371 g/mol. The number of aromatic amines is 1. The van der Waals surface area contributed by atoms with Gasteiger partial charge in [-0.2, -0.15) is 10.4 Å². The Balaban J connectivity index is 1.61. The van der Waals surface area contributed by atoms with Crippen LogP contribution in [0.15, 0.2) is 46.5 Å². The number of ether oxygens (including phenoxy) is 1. The number of hydrogen-bond acceptors (Lipinski definition) is 4. The summed E-state index contributed by atoms with van der Waals surface area (Å²) in [6.45, 7) is 3.14. The zero-order valence-corrected chi connectivity index (χ0v) is 15.7. The Morgan fingerprint density at radius 2 is 2.08 bits per heavy atom. The largest absolute Gasteiger partial charge is 0.482 e. The molecule has 7 heteroatoms. The maximum absolute atomic E-state index is 8.84. The van der Waals surface area contributed by atoms with E-state index in [1.807, 2.05) is 37.3 Å². The second-order valence-corrected chi connectivity index (χ2v) is 6.95. The van der Waals surface area contributed by atoms with Crippen molar-refractivity contribution in [2.75, 3.05) is 0 Å². The van der Waals surface area contributed by atoms with Gasteiger partial charge < -0.3 is 10.1 Å². The van der Waals surface area contributed by atoms with Crippen LogP contribution in [0.4, 0.5) is 0 Å². The van der Waals surface area contributed by atoms with E-state index >= 15 is 0 Å². The first-order valence-electron chi connectivity index (χ1n) is 8.19. The van der Waals surface area contributed by atoms with Crippen LogP contribution >= 0.6 is 23.2 Å². The van der Waals surface area contributed by atoms with E-state index in [0.29, 0.717) is 35.1 Å². The van der Waals surface area contributed by atoms with Crippen molar-refractivity contribution in [1.82, 2.24) is 15.5 Å². The molecule has 0 fully saturated rings. The number of rotatable bonds is 6. The minimum absolute atomic E-state index is 0.214. The number of allylic oxidation sites excluding steroid dienone is 2. The van der Waals surface area contributed by atoms with Crippen molar-refractivity contribution in [3.63, 3.8) is 0 Å². The highest BCUT2D eigenvalue weighted by Gasteiger charge is 2.19. The van der Waals surface area contributed by atoms with Gasteiger partial charge >= 0.3 is 0 Å². The molecule has 0 saturated carbocycles. The van der Waals surface area contributed by atoms with Gasteiger partial charge in [-0.05, 0) is 36.8 Å². The summed E-state index contributed by atoms with van der Waals surface area (Å²) in [7, 11) is 0. The molecule has 1 aliphatic carbocycles. The quantitative estimate of drug-likeness (QED) is 0.774. The Morgan fingerprint density at radius 3 is 2.77 bits per heavy atom. The van der Waals surface area contributed by atoms with Gasteiger partial charge in [-0.1, -0.05) is 35.3 Å². The molecule has 2 aromatic rings. The van der Waals surface area contributed by atoms with Gasteiger partial charge in [-0.15, -0.1) is 0 Å². The van der Waals surface area contributed by atoms with Crippen molar-refractivity contribution in [2.24, 2.45) is 0 Å². The summed E-state index contributed by atoms with van der Waals surface area (Å²) in [5, 5.41) is 20.7. The number of hydrogen-bond donors (Lipinski definition) is 2. The molecule has 1 unspecified atom stereocenters. The normalized spacial score (nSPS) is 16.6. The number of halogens is 2. The molecule has 1 heterocycles. The van der Waals surface area contributed by atoms with E-state index in [2.05, 4.69) is 21.6 Å². The summed E-state index contributed by atoms with van der Waals surface area (Å²) in [5.41, 5.74) is 3.41. The molecule has 1 aliphatic rings. The standard InChI is InChI=1S/C19H18Cl2N4O/c1-12-19(26-17-7-15(20)6-16(21)8-17)18(25-24-12)11-23-10-14-4-2-13(9-22)3-5-14/h2-7,17,23H,8,10-11H2,1H3,(H,24,25). The molecule has 0 bridgehead atoms. The average molecular weight is 389 g/mol. The lowest BCUT2D eigenvalue weighted by molar-refractivity contribution is 0.245. The molecular formula is C19H18Cl2N4O. The zero-order valence-electron chi connectivity index (χ0n) is 14.2. The number of nitriles is 1. The SMILES string of the molecule is Cc1n[nH]c(CNCc2ccc(C#N)cc2)c1OC1C=C(Cl)C=C(Cl)C1. The summed E-state index contributed by atoms with van der Waals surface area (Å²) in [4.78, 5) is 0. The molecule has 0 saturated heterocycles. The van der Waals surface area contributed by atoms with E-state index in [9.17, 15) is 0 Å². The summed E-state index contributed by atoms with van der Waals surface area (Å²) in [6.07, 6.45) is 3.94. The summed E-state index contributed by atoms with van der Waals surface area (Å²) in [6, 6.07) is 9.60. The first kappa shape index (κ1) is 18.5. The van der Waals surface area contributed by atoms with Crippen molar-refractivity contribution in [3.05, 3.63) is 69.0 Å². The smallest absolute Gasteiger partial charge is 0.165 e. The van der Waals surface area contributed by atoms with Crippen LogP contribution in [0, 0.1) is 18.3 Å². The highest BCUT2D eigenvalue weighted by atomic mass is 35.5.